The Morgan fingerprint density at radius 3 is 2.21 bits per heavy atom. The molecule has 1 N–H and O–H groups in total. The van der Waals surface area contributed by atoms with Crippen LogP contribution in [0.25, 0.3) is 0 Å². The summed E-state index contributed by atoms with van der Waals surface area (Å²) in [6.45, 7) is 0. The molecule has 0 saturated carbocycles. The van der Waals surface area contributed by atoms with Gasteiger partial charge >= 0.3 is 5.97 Å². The second kappa shape index (κ2) is 6.39. The quantitative estimate of drug-likeness (QED) is 0.830. The molecule has 0 aromatic heterocycles. The maximum Gasteiger partial charge on any atom is 0.337 e. The zero-order valence-corrected chi connectivity index (χ0v) is 13.7. The molecule has 0 spiro atoms. The standard InChI is InChI=1S/C11H13ClO4S3/c1-17-11(18-2)8-7(19(3,15)16)5-4-6(9(8)12)10(13)14/h4-5,11H,1-3H3,(H,13,14). The van der Waals surface area contributed by atoms with Crippen LogP contribution < -0.4 is 0 Å². The summed E-state index contributed by atoms with van der Waals surface area (Å²) in [4.78, 5) is 11.2. The molecule has 1 aromatic rings. The monoisotopic (exact) mass is 340 g/mol. The van der Waals surface area contributed by atoms with E-state index in [9.17, 15) is 13.2 Å². The average molecular weight is 341 g/mol. The zero-order chi connectivity index (χ0) is 14.8. The Balaban J connectivity index is 3.69. The Morgan fingerprint density at radius 1 is 1.32 bits per heavy atom. The van der Waals surface area contributed by atoms with Crippen LogP contribution in [0, 0.1) is 0 Å². The summed E-state index contributed by atoms with van der Waals surface area (Å²) in [7, 11) is -3.47. The van der Waals surface area contributed by atoms with Gasteiger partial charge < -0.3 is 5.11 Å². The molecule has 1 aromatic carbocycles. The van der Waals surface area contributed by atoms with Crippen LogP contribution in [0.5, 0.6) is 0 Å². The normalized spacial score (nSPS) is 11.8. The van der Waals surface area contributed by atoms with Gasteiger partial charge in [-0.15, -0.1) is 23.5 Å². The number of rotatable bonds is 5. The van der Waals surface area contributed by atoms with E-state index in [2.05, 4.69) is 0 Å². The molecule has 0 radical (unpaired) electrons. The molecule has 4 nitrogen and oxygen atoms in total. The molecule has 19 heavy (non-hydrogen) atoms. The first kappa shape index (κ1) is 16.7. The lowest BCUT2D eigenvalue weighted by Gasteiger charge is -2.18. The van der Waals surface area contributed by atoms with Crippen LogP contribution in [0.1, 0.15) is 20.5 Å². The van der Waals surface area contributed by atoms with Crippen LogP contribution in [0.4, 0.5) is 0 Å². The minimum Gasteiger partial charge on any atom is -0.478 e. The second-order valence-electron chi connectivity index (χ2n) is 3.72. The molecule has 0 heterocycles. The number of carbonyl (C=O) groups is 1. The maximum atomic E-state index is 11.8. The Kier molecular flexibility index (Phi) is 5.61. The van der Waals surface area contributed by atoms with Gasteiger partial charge in [0.05, 0.1) is 20.1 Å². The first-order valence-electron chi connectivity index (χ1n) is 5.05. The minimum atomic E-state index is -3.47. The number of halogens is 1. The van der Waals surface area contributed by atoms with E-state index in [-0.39, 0.29) is 20.1 Å². The summed E-state index contributed by atoms with van der Waals surface area (Å²) in [6.07, 6.45) is 4.72. The molecule has 0 amide bonds. The van der Waals surface area contributed by atoms with E-state index in [0.29, 0.717) is 5.56 Å². The molecular weight excluding hydrogens is 328 g/mol. The minimum absolute atomic E-state index is 0.0101. The molecule has 0 bridgehead atoms. The number of carboxylic acid groups (broad SMARTS) is 1. The molecule has 0 aliphatic heterocycles. The molecule has 0 fully saturated rings. The summed E-state index contributed by atoms with van der Waals surface area (Å²) >= 11 is 8.91. The fourth-order valence-corrected chi connectivity index (χ4v) is 4.97. The average Bonchev–Trinajstić information content (AvgIpc) is 2.30. The highest BCUT2D eigenvalue weighted by Crippen LogP contribution is 2.44. The summed E-state index contributed by atoms with van der Waals surface area (Å²) in [5.74, 6) is -1.17. The number of sulfone groups is 1. The van der Waals surface area contributed by atoms with E-state index in [1.54, 1.807) is 0 Å². The van der Waals surface area contributed by atoms with Crippen LogP contribution in [-0.4, -0.2) is 38.3 Å². The van der Waals surface area contributed by atoms with Crippen molar-refractivity contribution in [2.45, 2.75) is 9.48 Å². The Hall–Kier alpha value is -0.370. The molecule has 0 atom stereocenters. The fourth-order valence-electron chi connectivity index (χ4n) is 1.62. The fraction of sp³-hybridized carbons (Fsp3) is 0.364. The predicted molar refractivity (Wildman–Crippen MR) is 81.3 cm³/mol. The lowest BCUT2D eigenvalue weighted by molar-refractivity contribution is 0.0697. The zero-order valence-electron chi connectivity index (χ0n) is 10.5. The van der Waals surface area contributed by atoms with Crippen molar-refractivity contribution in [3.8, 4) is 0 Å². The van der Waals surface area contributed by atoms with Crippen molar-refractivity contribution in [2.75, 3.05) is 18.8 Å². The van der Waals surface area contributed by atoms with Gasteiger partial charge in [-0.2, -0.15) is 0 Å². The third-order valence-corrected chi connectivity index (χ3v) is 6.48. The summed E-state index contributed by atoms with van der Waals surface area (Å²) in [5, 5.41) is 9.05. The van der Waals surface area contributed by atoms with E-state index in [4.69, 9.17) is 16.7 Å². The third kappa shape index (κ3) is 3.59. The van der Waals surface area contributed by atoms with Crippen molar-refractivity contribution in [3.05, 3.63) is 28.3 Å². The largest absolute Gasteiger partial charge is 0.478 e. The van der Waals surface area contributed by atoms with E-state index in [1.807, 2.05) is 12.5 Å². The number of carboxylic acids is 1. The summed E-state index contributed by atoms with van der Waals surface area (Å²) < 4.78 is 23.4. The van der Waals surface area contributed by atoms with Gasteiger partial charge in [-0.25, -0.2) is 13.2 Å². The van der Waals surface area contributed by atoms with Gasteiger partial charge in [-0.1, -0.05) is 11.6 Å². The van der Waals surface area contributed by atoms with Crippen LogP contribution >= 0.6 is 35.1 Å². The van der Waals surface area contributed by atoms with Gasteiger partial charge in [0.25, 0.3) is 0 Å². The van der Waals surface area contributed by atoms with Crippen LogP contribution in [-0.2, 0) is 9.84 Å². The maximum absolute atomic E-state index is 11.8. The van der Waals surface area contributed by atoms with Crippen LogP contribution in [0.15, 0.2) is 17.0 Å². The van der Waals surface area contributed by atoms with Crippen LogP contribution in [0.3, 0.4) is 0 Å². The molecular formula is C11H13ClO4S3. The molecule has 0 saturated heterocycles. The molecule has 106 valence electrons. The second-order valence-corrected chi connectivity index (χ2v) is 8.27. The number of aromatic carboxylic acids is 1. The van der Waals surface area contributed by atoms with Gasteiger partial charge in [0, 0.05) is 11.8 Å². The Morgan fingerprint density at radius 2 is 1.84 bits per heavy atom. The van der Waals surface area contributed by atoms with Crippen LogP contribution in [0.2, 0.25) is 5.02 Å². The van der Waals surface area contributed by atoms with Crippen molar-refractivity contribution in [3.63, 3.8) is 0 Å². The highest BCUT2D eigenvalue weighted by Gasteiger charge is 2.26. The van der Waals surface area contributed by atoms with Gasteiger partial charge in [-0.3, -0.25) is 0 Å². The smallest absolute Gasteiger partial charge is 0.337 e. The van der Waals surface area contributed by atoms with Gasteiger partial charge in [0.15, 0.2) is 9.84 Å². The van der Waals surface area contributed by atoms with Crippen molar-refractivity contribution < 1.29 is 18.3 Å². The van der Waals surface area contributed by atoms with E-state index < -0.39 is 15.8 Å². The molecule has 0 unspecified atom stereocenters. The summed E-state index contributed by atoms with van der Waals surface area (Å²) in [5.41, 5.74) is 0.265. The van der Waals surface area contributed by atoms with E-state index >= 15 is 0 Å². The predicted octanol–water partition coefficient (Wildman–Crippen LogP) is 3.17. The molecule has 8 heteroatoms. The van der Waals surface area contributed by atoms with Crippen molar-refractivity contribution >= 4 is 50.9 Å². The molecule has 1 rings (SSSR count). The SMILES string of the molecule is CSC(SC)c1c(S(C)(=O)=O)ccc(C(=O)O)c1Cl. The van der Waals surface area contributed by atoms with E-state index in [0.717, 1.165) is 6.26 Å². The van der Waals surface area contributed by atoms with Crippen molar-refractivity contribution in [1.82, 2.24) is 0 Å². The van der Waals surface area contributed by atoms with Gasteiger partial charge in [-0.05, 0) is 24.6 Å². The van der Waals surface area contributed by atoms with Crippen molar-refractivity contribution in [2.24, 2.45) is 0 Å². The van der Waals surface area contributed by atoms with Gasteiger partial charge in [0.1, 0.15) is 0 Å². The lowest BCUT2D eigenvalue weighted by atomic mass is 10.1. The first-order chi connectivity index (χ1) is 8.73. The van der Waals surface area contributed by atoms with E-state index in [1.165, 1.54) is 35.7 Å². The Labute approximate surface area is 125 Å². The Bertz CT molecular complexity index is 594. The summed E-state index contributed by atoms with van der Waals surface area (Å²) in [6, 6.07) is 2.53. The first-order valence-corrected chi connectivity index (χ1v) is 9.89. The number of benzene rings is 1. The highest BCUT2D eigenvalue weighted by molar-refractivity contribution is 8.15. The third-order valence-electron chi connectivity index (χ3n) is 2.43. The number of hydrogen-bond acceptors (Lipinski definition) is 5. The number of thioether (sulfide) groups is 2. The van der Waals surface area contributed by atoms with Crippen molar-refractivity contribution in [1.29, 1.82) is 0 Å². The van der Waals surface area contributed by atoms with Gasteiger partial charge in [0.2, 0.25) is 0 Å². The molecule has 0 aliphatic rings. The molecule has 0 aliphatic carbocycles. The highest BCUT2D eigenvalue weighted by atomic mass is 35.5. The lowest BCUT2D eigenvalue weighted by Crippen LogP contribution is -2.08. The topological polar surface area (TPSA) is 71.4 Å². The number of hydrogen-bond donors (Lipinski definition) is 1.